The summed E-state index contributed by atoms with van der Waals surface area (Å²) in [4.78, 5) is 38.1. The predicted octanol–water partition coefficient (Wildman–Crippen LogP) is -0.340. The van der Waals surface area contributed by atoms with E-state index >= 15 is 0 Å². The summed E-state index contributed by atoms with van der Waals surface area (Å²) in [5, 5.41) is 23.0. The van der Waals surface area contributed by atoms with Gasteiger partial charge in [-0.2, -0.15) is 0 Å². The number of aliphatic hydroxyl groups excluding tert-OH is 1. The number of rotatable bonds is 0. The third-order valence-corrected chi connectivity index (χ3v) is 8.97. The molecule has 2 N–H and O–H groups in total. The lowest BCUT2D eigenvalue weighted by Crippen LogP contribution is -2.66. The van der Waals surface area contributed by atoms with Gasteiger partial charge in [-0.05, 0) is 24.7 Å². The summed E-state index contributed by atoms with van der Waals surface area (Å²) >= 11 is 0. The molecule has 0 aromatic carbocycles. The summed E-state index contributed by atoms with van der Waals surface area (Å²) in [6.07, 6.45) is -3.96. The standard InChI is InChI=1S/C20H24O9/c1-7-12(22)26-10-6-17-9-5-8(16(2,3)4)18(17)11(21)13(23)28-15(18)29-20(17,14(24)27-9)19(7,10)25/h7-11,15,21,25H,5-6H2,1-4H3/t7-,8?,9+,10-,11-,15?,17?,18?,19+,20+/m0/s1. The minimum absolute atomic E-state index is 0.0623. The molecule has 0 aromatic rings. The van der Waals surface area contributed by atoms with Gasteiger partial charge in [-0.25, -0.2) is 9.59 Å². The van der Waals surface area contributed by atoms with Crippen molar-refractivity contribution in [3.63, 3.8) is 0 Å². The van der Waals surface area contributed by atoms with Gasteiger partial charge in [0.2, 0.25) is 11.9 Å². The minimum atomic E-state index is -1.97. The van der Waals surface area contributed by atoms with Crippen LogP contribution in [0.15, 0.2) is 0 Å². The van der Waals surface area contributed by atoms with Gasteiger partial charge < -0.3 is 29.2 Å². The summed E-state index contributed by atoms with van der Waals surface area (Å²) in [5.41, 5.74) is -6.81. The lowest BCUT2D eigenvalue weighted by atomic mass is 9.51. The largest absolute Gasteiger partial charge is 0.459 e. The Morgan fingerprint density at radius 3 is 2.38 bits per heavy atom. The predicted molar refractivity (Wildman–Crippen MR) is 90.6 cm³/mol. The Balaban J connectivity index is 1.68. The fraction of sp³-hybridized carbons (Fsp3) is 0.850. The average molecular weight is 408 g/mol. The Morgan fingerprint density at radius 1 is 1.03 bits per heavy atom. The van der Waals surface area contributed by atoms with Crippen LogP contribution in [-0.4, -0.2) is 63.9 Å². The number of hydrogen-bond acceptors (Lipinski definition) is 9. The molecule has 10 atom stereocenters. The zero-order valence-electron chi connectivity index (χ0n) is 16.6. The lowest BCUT2D eigenvalue weighted by Gasteiger charge is -2.46. The van der Waals surface area contributed by atoms with Crippen LogP contribution >= 0.6 is 0 Å². The maximum absolute atomic E-state index is 13.3. The molecule has 2 saturated carbocycles. The highest BCUT2D eigenvalue weighted by Crippen LogP contribution is 2.84. The first kappa shape index (κ1) is 18.1. The highest BCUT2D eigenvalue weighted by Gasteiger charge is 3.01. The Labute approximate surface area is 166 Å². The maximum Gasteiger partial charge on any atom is 0.342 e. The zero-order valence-corrected chi connectivity index (χ0v) is 16.6. The minimum Gasteiger partial charge on any atom is -0.459 e. The molecular weight excluding hydrogens is 384 g/mol. The molecule has 0 bridgehead atoms. The summed E-state index contributed by atoms with van der Waals surface area (Å²) in [7, 11) is 0. The van der Waals surface area contributed by atoms with Crippen LogP contribution in [0.4, 0.5) is 0 Å². The third kappa shape index (κ3) is 1.35. The van der Waals surface area contributed by atoms with Gasteiger partial charge in [-0.1, -0.05) is 20.8 Å². The van der Waals surface area contributed by atoms with Gasteiger partial charge in [0.25, 0.3) is 0 Å². The van der Waals surface area contributed by atoms with E-state index in [2.05, 4.69) is 0 Å². The van der Waals surface area contributed by atoms with E-state index < -0.39 is 70.5 Å². The second-order valence-electron chi connectivity index (χ2n) is 10.6. The number of carbonyl (C=O) groups excluding carboxylic acids is 3. The maximum atomic E-state index is 13.3. The summed E-state index contributed by atoms with van der Waals surface area (Å²) in [5.74, 6) is -3.52. The molecule has 4 aliphatic heterocycles. The molecule has 0 aromatic heterocycles. The van der Waals surface area contributed by atoms with Crippen molar-refractivity contribution in [2.24, 2.45) is 28.1 Å². The Bertz CT molecular complexity index is 893. The van der Waals surface area contributed by atoms with Gasteiger partial charge >= 0.3 is 17.9 Å². The fourth-order valence-electron chi connectivity index (χ4n) is 8.06. The summed E-state index contributed by atoms with van der Waals surface area (Å²) in [6.45, 7) is 7.47. The van der Waals surface area contributed by atoms with Crippen LogP contribution < -0.4 is 0 Å². The lowest BCUT2D eigenvalue weighted by molar-refractivity contribution is -0.238. The smallest absolute Gasteiger partial charge is 0.342 e. The van der Waals surface area contributed by atoms with Crippen molar-refractivity contribution in [1.82, 2.24) is 0 Å². The molecule has 2 spiro atoms. The van der Waals surface area contributed by atoms with E-state index in [0.717, 1.165) is 0 Å². The first-order valence-corrected chi connectivity index (χ1v) is 10.1. The van der Waals surface area contributed by atoms with E-state index in [9.17, 15) is 24.6 Å². The van der Waals surface area contributed by atoms with Crippen molar-refractivity contribution in [2.75, 3.05) is 0 Å². The molecule has 29 heavy (non-hydrogen) atoms. The van der Waals surface area contributed by atoms with Crippen LogP contribution in [-0.2, 0) is 33.3 Å². The Kier molecular flexibility index (Phi) is 2.79. The van der Waals surface area contributed by atoms with E-state index in [1.807, 2.05) is 20.8 Å². The molecule has 6 fully saturated rings. The highest BCUT2D eigenvalue weighted by atomic mass is 16.8. The fourth-order valence-corrected chi connectivity index (χ4v) is 8.06. The average Bonchev–Trinajstić information content (AvgIpc) is 3.31. The number of fused-ring (bicyclic) bond motifs is 1. The van der Waals surface area contributed by atoms with Crippen molar-refractivity contribution < 1.29 is 43.5 Å². The number of aliphatic hydroxyl groups is 2. The molecule has 0 radical (unpaired) electrons. The molecule has 4 heterocycles. The topological polar surface area (TPSA) is 129 Å². The molecule has 0 amide bonds. The van der Waals surface area contributed by atoms with Crippen LogP contribution in [0.25, 0.3) is 0 Å². The molecule has 6 aliphatic rings. The van der Waals surface area contributed by atoms with Crippen molar-refractivity contribution in [2.45, 2.75) is 76.3 Å². The monoisotopic (exact) mass is 408 g/mol. The van der Waals surface area contributed by atoms with Crippen LogP contribution in [0, 0.1) is 28.1 Å². The third-order valence-electron chi connectivity index (χ3n) is 8.97. The van der Waals surface area contributed by atoms with Crippen molar-refractivity contribution >= 4 is 17.9 Å². The summed E-state index contributed by atoms with van der Waals surface area (Å²) in [6, 6.07) is 0. The molecule has 158 valence electrons. The second kappa shape index (κ2) is 4.48. The number of hydrogen-bond donors (Lipinski definition) is 2. The first-order chi connectivity index (χ1) is 13.4. The quantitative estimate of drug-likeness (QED) is 0.408. The molecule has 2 aliphatic carbocycles. The van der Waals surface area contributed by atoms with Gasteiger partial charge in [-0.3, -0.25) is 4.79 Å². The van der Waals surface area contributed by atoms with Crippen molar-refractivity contribution in [3.05, 3.63) is 0 Å². The molecule has 9 nitrogen and oxygen atoms in total. The summed E-state index contributed by atoms with van der Waals surface area (Å²) < 4.78 is 22.9. The molecule has 6 rings (SSSR count). The van der Waals surface area contributed by atoms with Gasteiger partial charge in [0.05, 0.1) is 16.7 Å². The van der Waals surface area contributed by atoms with Gasteiger partial charge in [0.15, 0.2) is 11.7 Å². The Hall–Kier alpha value is -1.71. The highest BCUT2D eigenvalue weighted by molar-refractivity contribution is 5.93. The number of ether oxygens (including phenoxy) is 4. The van der Waals surface area contributed by atoms with E-state index in [1.165, 1.54) is 6.92 Å². The van der Waals surface area contributed by atoms with Crippen LogP contribution in [0.5, 0.6) is 0 Å². The normalized spacial score (nSPS) is 59.2. The SMILES string of the molecule is C[C@H]1C(=O)O[C@H]2CC34[C@H]5CC(C(C)(C)C)C36C(OC(=O)[C@@H]6O)O[C@@]4(C(=O)O5)[C@]21O. The van der Waals surface area contributed by atoms with Gasteiger partial charge in [0.1, 0.15) is 12.2 Å². The van der Waals surface area contributed by atoms with E-state index in [4.69, 9.17) is 18.9 Å². The molecule has 4 saturated heterocycles. The second-order valence-corrected chi connectivity index (χ2v) is 10.6. The molecular formula is C20H24O9. The van der Waals surface area contributed by atoms with Crippen LogP contribution in [0.2, 0.25) is 0 Å². The van der Waals surface area contributed by atoms with Crippen molar-refractivity contribution in [3.8, 4) is 0 Å². The number of esters is 3. The zero-order chi connectivity index (χ0) is 20.9. The molecule has 4 unspecified atom stereocenters. The van der Waals surface area contributed by atoms with Crippen LogP contribution in [0.1, 0.15) is 40.5 Å². The van der Waals surface area contributed by atoms with Crippen LogP contribution in [0.3, 0.4) is 0 Å². The first-order valence-electron chi connectivity index (χ1n) is 10.1. The van der Waals surface area contributed by atoms with Crippen molar-refractivity contribution in [1.29, 1.82) is 0 Å². The van der Waals surface area contributed by atoms with Gasteiger partial charge in [-0.15, -0.1) is 0 Å². The molecule has 9 heteroatoms. The van der Waals surface area contributed by atoms with E-state index in [-0.39, 0.29) is 17.8 Å². The number of carbonyl (C=O) groups is 3. The van der Waals surface area contributed by atoms with E-state index in [1.54, 1.807) is 0 Å². The van der Waals surface area contributed by atoms with E-state index in [0.29, 0.717) is 6.42 Å². The Morgan fingerprint density at radius 2 is 1.72 bits per heavy atom. The van der Waals surface area contributed by atoms with Gasteiger partial charge in [0, 0.05) is 6.42 Å².